The van der Waals surface area contributed by atoms with E-state index in [1.807, 2.05) is 13.8 Å². The van der Waals surface area contributed by atoms with Crippen LogP contribution in [0.2, 0.25) is 0 Å². The van der Waals surface area contributed by atoms with E-state index in [0.29, 0.717) is 11.4 Å². The molecule has 1 rings (SSSR count). The van der Waals surface area contributed by atoms with Crippen molar-refractivity contribution in [2.45, 2.75) is 31.1 Å². The molecule has 4 nitrogen and oxygen atoms in total. The molecule has 18 heavy (non-hydrogen) atoms. The zero-order valence-corrected chi connectivity index (χ0v) is 12.0. The Balaban J connectivity index is 2.94. The monoisotopic (exact) mass is 269 g/mol. The number of rotatable bonds is 4. The van der Waals surface area contributed by atoms with Gasteiger partial charge in [-0.25, -0.2) is 8.42 Å². The first-order valence-corrected chi connectivity index (χ1v) is 7.57. The summed E-state index contributed by atoms with van der Waals surface area (Å²) in [5.41, 5.74) is 0.755. The van der Waals surface area contributed by atoms with Crippen LogP contribution in [0.15, 0.2) is 29.2 Å². The van der Waals surface area contributed by atoms with Gasteiger partial charge in [-0.1, -0.05) is 26.0 Å². The molecule has 1 N–H and O–H groups in total. The second-order valence-electron chi connectivity index (χ2n) is 5.09. The van der Waals surface area contributed by atoms with Gasteiger partial charge in [-0.3, -0.25) is 4.79 Å². The maximum atomic E-state index is 11.4. The smallest absolute Gasteiger partial charge is 0.216 e. The van der Waals surface area contributed by atoms with Gasteiger partial charge in [-0.05, 0) is 17.7 Å². The number of amides is 1. The van der Waals surface area contributed by atoms with Gasteiger partial charge in [0, 0.05) is 25.1 Å². The van der Waals surface area contributed by atoms with Gasteiger partial charge in [0.15, 0.2) is 9.84 Å². The fraction of sp³-hybridized carbons (Fsp3) is 0.462. The van der Waals surface area contributed by atoms with Gasteiger partial charge in [0.2, 0.25) is 5.91 Å². The van der Waals surface area contributed by atoms with E-state index in [0.717, 1.165) is 5.56 Å². The van der Waals surface area contributed by atoms with Gasteiger partial charge < -0.3 is 5.32 Å². The molecule has 0 saturated carbocycles. The number of carbonyl (C=O) groups is 1. The first-order valence-electron chi connectivity index (χ1n) is 5.68. The molecule has 0 atom stereocenters. The lowest BCUT2D eigenvalue weighted by Gasteiger charge is -2.25. The minimum absolute atomic E-state index is 0.0733. The van der Waals surface area contributed by atoms with Crippen molar-refractivity contribution >= 4 is 15.7 Å². The van der Waals surface area contributed by atoms with Crippen molar-refractivity contribution in [3.8, 4) is 0 Å². The maximum Gasteiger partial charge on any atom is 0.216 e. The third-order valence-corrected chi connectivity index (χ3v) is 3.97. The Morgan fingerprint density at radius 1 is 1.22 bits per heavy atom. The van der Waals surface area contributed by atoms with Gasteiger partial charge in [-0.2, -0.15) is 0 Å². The summed E-state index contributed by atoms with van der Waals surface area (Å²) in [5.74, 6) is -0.0733. The molecule has 0 saturated heterocycles. The summed E-state index contributed by atoms with van der Waals surface area (Å²) in [6.45, 7) is 5.99. The molecule has 1 aromatic carbocycles. The normalized spacial score (nSPS) is 12.2. The first-order chi connectivity index (χ1) is 8.13. The second kappa shape index (κ2) is 5.10. The first kappa shape index (κ1) is 14.7. The Morgan fingerprint density at radius 3 is 2.11 bits per heavy atom. The zero-order chi connectivity index (χ0) is 14.0. The predicted molar refractivity (Wildman–Crippen MR) is 71.3 cm³/mol. The predicted octanol–water partition coefficient (Wildman–Crippen LogP) is 1.50. The van der Waals surface area contributed by atoms with Crippen molar-refractivity contribution < 1.29 is 13.2 Å². The van der Waals surface area contributed by atoms with Crippen molar-refractivity contribution in [1.82, 2.24) is 5.32 Å². The zero-order valence-electron chi connectivity index (χ0n) is 11.1. The Morgan fingerprint density at radius 2 is 1.72 bits per heavy atom. The molecule has 100 valence electrons. The molecule has 0 heterocycles. The van der Waals surface area contributed by atoms with Crippen LogP contribution in [0.5, 0.6) is 0 Å². The van der Waals surface area contributed by atoms with E-state index >= 15 is 0 Å². The summed E-state index contributed by atoms with van der Waals surface area (Å²) in [5, 5.41) is 2.77. The van der Waals surface area contributed by atoms with Crippen molar-refractivity contribution in [2.24, 2.45) is 0 Å². The molecule has 0 aliphatic heterocycles. The third kappa shape index (κ3) is 3.84. The average Bonchev–Trinajstić information content (AvgIpc) is 2.26. The highest BCUT2D eigenvalue weighted by atomic mass is 32.2. The molecule has 0 spiro atoms. The van der Waals surface area contributed by atoms with Gasteiger partial charge >= 0.3 is 0 Å². The van der Waals surface area contributed by atoms with Crippen LogP contribution in [0.25, 0.3) is 0 Å². The van der Waals surface area contributed by atoms with Gasteiger partial charge in [0.05, 0.1) is 4.90 Å². The standard InChI is InChI=1S/C13H19NO3S/c1-10(15)14-9-13(2,3)11-5-7-12(8-6-11)18(4,16)17/h5-8H,9H2,1-4H3,(H,14,15). The van der Waals surface area contributed by atoms with E-state index in [9.17, 15) is 13.2 Å². The van der Waals surface area contributed by atoms with Crippen LogP contribution in [-0.2, 0) is 20.0 Å². The summed E-state index contributed by atoms with van der Waals surface area (Å²) < 4.78 is 22.7. The Kier molecular flexibility index (Phi) is 4.16. The number of carbonyl (C=O) groups excluding carboxylic acids is 1. The highest BCUT2D eigenvalue weighted by Crippen LogP contribution is 2.23. The SMILES string of the molecule is CC(=O)NCC(C)(C)c1ccc(S(C)(=O)=O)cc1. The molecule has 1 amide bonds. The topological polar surface area (TPSA) is 63.2 Å². The number of hydrogen-bond donors (Lipinski definition) is 1. The Labute approximate surface area is 108 Å². The van der Waals surface area contributed by atoms with E-state index in [4.69, 9.17) is 0 Å². The number of benzene rings is 1. The van der Waals surface area contributed by atoms with Crippen LogP contribution in [0, 0.1) is 0 Å². The molecule has 0 fully saturated rings. The van der Waals surface area contributed by atoms with E-state index in [1.165, 1.54) is 13.2 Å². The molecule has 0 radical (unpaired) electrons. The molecule has 0 bridgehead atoms. The van der Waals surface area contributed by atoms with E-state index in [-0.39, 0.29) is 11.3 Å². The highest BCUT2D eigenvalue weighted by molar-refractivity contribution is 7.90. The number of hydrogen-bond acceptors (Lipinski definition) is 3. The fourth-order valence-electron chi connectivity index (χ4n) is 1.60. The van der Waals surface area contributed by atoms with Crippen LogP contribution in [0.3, 0.4) is 0 Å². The van der Waals surface area contributed by atoms with Crippen molar-refractivity contribution in [3.05, 3.63) is 29.8 Å². The van der Waals surface area contributed by atoms with Crippen LogP contribution < -0.4 is 5.32 Å². The summed E-state index contributed by atoms with van der Waals surface area (Å²) in [6, 6.07) is 6.77. The molecular formula is C13H19NO3S. The van der Waals surface area contributed by atoms with Crippen molar-refractivity contribution in [3.63, 3.8) is 0 Å². The summed E-state index contributed by atoms with van der Waals surface area (Å²) in [6.07, 6.45) is 1.18. The minimum atomic E-state index is -3.16. The van der Waals surface area contributed by atoms with Crippen LogP contribution in [0.4, 0.5) is 0 Å². The Hall–Kier alpha value is -1.36. The summed E-state index contributed by atoms with van der Waals surface area (Å²) >= 11 is 0. The molecule has 0 aliphatic carbocycles. The van der Waals surface area contributed by atoms with Crippen LogP contribution in [-0.4, -0.2) is 27.1 Å². The van der Waals surface area contributed by atoms with Crippen molar-refractivity contribution in [2.75, 3.05) is 12.8 Å². The highest BCUT2D eigenvalue weighted by Gasteiger charge is 2.21. The summed E-state index contributed by atoms with van der Waals surface area (Å²) in [4.78, 5) is 11.2. The molecular weight excluding hydrogens is 250 g/mol. The fourth-order valence-corrected chi connectivity index (χ4v) is 2.23. The van der Waals surface area contributed by atoms with Crippen molar-refractivity contribution in [1.29, 1.82) is 0 Å². The van der Waals surface area contributed by atoms with E-state index < -0.39 is 9.84 Å². The summed E-state index contributed by atoms with van der Waals surface area (Å²) in [7, 11) is -3.16. The van der Waals surface area contributed by atoms with Crippen LogP contribution >= 0.6 is 0 Å². The quantitative estimate of drug-likeness (QED) is 0.901. The average molecular weight is 269 g/mol. The largest absolute Gasteiger partial charge is 0.355 e. The minimum Gasteiger partial charge on any atom is -0.355 e. The lowest BCUT2D eigenvalue weighted by molar-refractivity contribution is -0.119. The van der Waals surface area contributed by atoms with Gasteiger partial charge in [-0.15, -0.1) is 0 Å². The third-order valence-electron chi connectivity index (χ3n) is 2.84. The van der Waals surface area contributed by atoms with Gasteiger partial charge in [0.1, 0.15) is 0 Å². The molecule has 0 unspecified atom stereocenters. The van der Waals surface area contributed by atoms with E-state index in [2.05, 4.69) is 5.32 Å². The lowest BCUT2D eigenvalue weighted by atomic mass is 9.84. The molecule has 0 aromatic heterocycles. The molecule has 1 aromatic rings. The molecule has 0 aliphatic rings. The Bertz CT molecular complexity index is 530. The number of sulfone groups is 1. The maximum absolute atomic E-state index is 11.4. The lowest BCUT2D eigenvalue weighted by Crippen LogP contribution is -2.35. The van der Waals surface area contributed by atoms with Crippen LogP contribution in [0.1, 0.15) is 26.3 Å². The number of nitrogens with one attached hydrogen (secondary N) is 1. The van der Waals surface area contributed by atoms with E-state index in [1.54, 1.807) is 24.3 Å². The molecule has 5 heteroatoms. The van der Waals surface area contributed by atoms with Gasteiger partial charge in [0.25, 0.3) is 0 Å². The second-order valence-corrected chi connectivity index (χ2v) is 7.11.